The molecule has 1 aliphatic carbocycles. The van der Waals surface area contributed by atoms with Crippen LogP contribution in [0.3, 0.4) is 0 Å². The topological polar surface area (TPSA) is 29.1 Å². The predicted molar refractivity (Wildman–Crippen MR) is 73.2 cm³/mol. The molecule has 2 atom stereocenters. The summed E-state index contributed by atoms with van der Waals surface area (Å²) in [4.78, 5) is 12.3. The summed E-state index contributed by atoms with van der Waals surface area (Å²) in [5, 5.41) is 3.12. The first-order chi connectivity index (χ1) is 7.88. The first-order valence-corrected chi connectivity index (χ1v) is 7.28. The van der Waals surface area contributed by atoms with Crippen LogP contribution in [0.2, 0.25) is 0 Å². The summed E-state index contributed by atoms with van der Waals surface area (Å²) in [6, 6.07) is 0.0990. The molecule has 1 rings (SSSR count). The van der Waals surface area contributed by atoms with Gasteiger partial charge in [0.1, 0.15) is 0 Å². The number of rotatable bonds is 4. The second-order valence-corrected chi connectivity index (χ2v) is 6.61. The van der Waals surface area contributed by atoms with E-state index in [1.54, 1.807) is 0 Å². The molecular formula is C14H26ClNO. The summed E-state index contributed by atoms with van der Waals surface area (Å²) < 4.78 is 0. The Kier molecular flexibility index (Phi) is 5.30. The standard InChI is InChI=1S/C14H26ClNO/c1-10(2)12(9-15)16-13(17)11-7-5-6-8-14(11,3)4/h10-12H,5-9H2,1-4H3,(H,16,17). The highest BCUT2D eigenvalue weighted by Gasteiger charge is 2.37. The molecule has 17 heavy (non-hydrogen) atoms. The monoisotopic (exact) mass is 259 g/mol. The van der Waals surface area contributed by atoms with Gasteiger partial charge in [-0.05, 0) is 24.2 Å². The van der Waals surface area contributed by atoms with E-state index in [4.69, 9.17) is 11.6 Å². The van der Waals surface area contributed by atoms with E-state index in [0.29, 0.717) is 11.8 Å². The van der Waals surface area contributed by atoms with Gasteiger partial charge in [-0.2, -0.15) is 0 Å². The van der Waals surface area contributed by atoms with Crippen molar-refractivity contribution in [3.8, 4) is 0 Å². The van der Waals surface area contributed by atoms with Gasteiger partial charge in [-0.3, -0.25) is 4.79 Å². The van der Waals surface area contributed by atoms with Crippen LogP contribution in [0.4, 0.5) is 0 Å². The van der Waals surface area contributed by atoms with E-state index in [2.05, 4.69) is 33.0 Å². The Labute approximate surface area is 110 Å². The lowest BCUT2D eigenvalue weighted by atomic mass is 9.68. The van der Waals surface area contributed by atoms with Crippen molar-refractivity contribution in [1.82, 2.24) is 5.32 Å². The fourth-order valence-electron chi connectivity index (χ4n) is 2.65. The number of hydrogen-bond donors (Lipinski definition) is 1. The van der Waals surface area contributed by atoms with Gasteiger partial charge in [0.2, 0.25) is 5.91 Å². The van der Waals surface area contributed by atoms with Crippen molar-refractivity contribution < 1.29 is 4.79 Å². The van der Waals surface area contributed by atoms with E-state index >= 15 is 0 Å². The lowest BCUT2D eigenvalue weighted by Crippen LogP contribution is -2.47. The molecule has 0 aromatic heterocycles. The van der Waals surface area contributed by atoms with Crippen molar-refractivity contribution in [3.63, 3.8) is 0 Å². The molecule has 0 bridgehead atoms. The Morgan fingerprint density at radius 3 is 2.53 bits per heavy atom. The maximum absolute atomic E-state index is 12.3. The van der Waals surface area contributed by atoms with E-state index in [1.807, 2.05) is 0 Å². The molecule has 1 saturated carbocycles. The van der Waals surface area contributed by atoms with Gasteiger partial charge in [0.05, 0.1) is 0 Å². The van der Waals surface area contributed by atoms with Crippen LogP contribution in [-0.2, 0) is 4.79 Å². The molecule has 100 valence electrons. The average molecular weight is 260 g/mol. The number of carbonyl (C=O) groups excluding carboxylic acids is 1. The molecule has 0 spiro atoms. The third-order valence-corrected chi connectivity index (χ3v) is 4.45. The minimum atomic E-state index is 0.0990. The van der Waals surface area contributed by atoms with Crippen LogP contribution < -0.4 is 5.32 Å². The fraction of sp³-hybridized carbons (Fsp3) is 0.929. The summed E-state index contributed by atoms with van der Waals surface area (Å²) in [5.74, 6) is 1.24. The van der Waals surface area contributed by atoms with Gasteiger partial charge < -0.3 is 5.32 Å². The summed E-state index contributed by atoms with van der Waals surface area (Å²) >= 11 is 5.90. The number of hydrogen-bond acceptors (Lipinski definition) is 1. The zero-order valence-corrected chi connectivity index (χ0v) is 12.3. The minimum Gasteiger partial charge on any atom is -0.352 e. The Balaban J connectivity index is 2.62. The van der Waals surface area contributed by atoms with Crippen LogP contribution in [0.25, 0.3) is 0 Å². The lowest BCUT2D eigenvalue weighted by Gasteiger charge is -2.38. The number of halogens is 1. The van der Waals surface area contributed by atoms with Crippen molar-refractivity contribution in [3.05, 3.63) is 0 Å². The second kappa shape index (κ2) is 6.08. The molecule has 2 nitrogen and oxygen atoms in total. The van der Waals surface area contributed by atoms with Gasteiger partial charge in [-0.25, -0.2) is 0 Å². The molecule has 0 aromatic rings. The Morgan fingerprint density at radius 1 is 1.41 bits per heavy atom. The van der Waals surface area contributed by atoms with Gasteiger partial charge in [0.15, 0.2) is 0 Å². The molecule has 0 radical (unpaired) electrons. The molecule has 0 heterocycles. The first-order valence-electron chi connectivity index (χ1n) is 6.75. The summed E-state index contributed by atoms with van der Waals surface area (Å²) in [7, 11) is 0. The van der Waals surface area contributed by atoms with Crippen molar-refractivity contribution in [2.45, 2.75) is 59.4 Å². The zero-order chi connectivity index (χ0) is 13.1. The van der Waals surface area contributed by atoms with Crippen LogP contribution in [0.1, 0.15) is 53.4 Å². The molecule has 0 aliphatic heterocycles. The fourth-order valence-corrected chi connectivity index (χ4v) is 3.08. The van der Waals surface area contributed by atoms with Crippen LogP contribution in [0.15, 0.2) is 0 Å². The lowest BCUT2D eigenvalue weighted by molar-refractivity contribution is -0.131. The Bertz CT molecular complexity index is 263. The van der Waals surface area contributed by atoms with Gasteiger partial charge >= 0.3 is 0 Å². The Hall–Kier alpha value is -0.240. The third-order valence-electron chi connectivity index (χ3n) is 4.12. The largest absolute Gasteiger partial charge is 0.352 e. The first kappa shape index (κ1) is 14.8. The van der Waals surface area contributed by atoms with E-state index in [0.717, 1.165) is 12.8 Å². The van der Waals surface area contributed by atoms with Crippen LogP contribution in [0, 0.1) is 17.3 Å². The molecule has 1 N–H and O–H groups in total. The smallest absolute Gasteiger partial charge is 0.223 e. The van der Waals surface area contributed by atoms with E-state index in [-0.39, 0.29) is 23.3 Å². The highest BCUT2D eigenvalue weighted by molar-refractivity contribution is 6.18. The van der Waals surface area contributed by atoms with Gasteiger partial charge in [0, 0.05) is 17.8 Å². The average Bonchev–Trinajstić information content (AvgIpc) is 2.24. The normalized spacial score (nSPS) is 25.6. The van der Waals surface area contributed by atoms with E-state index < -0.39 is 0 Å². The van der Waals surface area contributed by atoms with E-state index in [1.165, 1.54) is 12.8 Å². The molecule has 0 aromatic carbocycles. The molecule has 2 unspecified atom stereocenters. The van der Waals surface area contributed by atoms with Gasteiger partial charge in [-0.15, -0.1) is 11.6 Å². The van der Waals surface area contributed by atoms with Crippen LogP contribution in [-0.4, -0.2) is 17.8 Å². The molecular weight excluding hydrogens is 234 g/mol. The second-order valence-electron chi connectivity index (χ2n) is 6.30. The zero-order valence-electron chi connectivity index (χ0n) is 11.6. The van der Waals surface area contributed by atoms with Crippen molar-refractivity contribution in [2.24, 2.45) is 17.3 Å². The van der Waals surface area contributed by atoms with Crippen molar-refractivity contribution >= 4 is 17.5 Å². The number of alkyl halides is 1. The highest BCUT2D eigenvalue weighted by Crippen LogP contribution is 2.40. The van der Waals surface area contributed by atoms with Gasteiger partial charge in [-0.1, -0.05) is 40.5 Å². The van der Waals surface area contributed by atoms with Gasteiger partial charge in [0.25, 0.3) is 0 Å². The van der Waals surface area contributed by atoms with Crippen molar-refractivity contribution in [1.29, 1.82) is 0 Å². The molecule has 3 heteroatoms. The quantitative estimate of drug-likeness (QED) is 0.769. The number of nitrogens with one attached hydrogen (secondary N) is 1. The molecule has 1 fully saturated rings. The van der Waals surface area contributed by atoms with E-state index in [9.17, 15) is 4.79 Å². The predicted octanol–water partition coefficient (Wildman–Crippen LogP) is 3.58. The molecule has 1 aliphatic rings. The minimum absolute atomic E-state index is 0.0990. The molecule has 0 saturated heterocycles. The van der Waals surface area contributed by atoms with Crippen LogP contribution in [0.5, 0.6) is 0 Å². The summed E-state index contributed by atoms with van der Waals surface area (Å²) in [5.41, 5.74) is 0.135. The summed E-state index contributed by atoms with van der Waals surface area (Å²) in [6.07, 6.45) is 4.60. The van der Waals surface area contributed by atoms with Crippen LogP contribution >= 0.6 is 11.6 Å². The van der Waals surface area contributed by atoms with Crippen molar-refractivity contribution in [2.75, 3.05) is 5.88 Å². The number of amides is 1. The third kappa shape index (κ3) is 3.87. The summed E-state index contributed by atoms with van der Waals surface area (Å²) in [6.45, 7) is 8.61. The maximum Gasteiger partial charge on any atom is 0.223 e. The maximum atomic E-state index is 12.3. The Morgan fingerprint density at radius 2 is 2.06 bits per heavy atom. The SMILES string of the molecule is CC(C)C(CCl)NC(=O)C1CCCCC1(C)C. The number of carbonyl (C=O) groups is 1. The molecule has 1 amide bonds. The highest BCUT2D eigenvalue weighted by atomic mass is 35.5.